The van der Waals surface area contributed by atoms with E-state index in [2.05, 4.69) is 9.71 Å². The number of non-ortho nitro benzene ring substituents is 1. The van der Waals surface area contributed by atoms with Gasteiger partial charge >= 0.3 is 0 Å². The van der Waals surface area contributed by atoms with Gasteiger partial charge in [0.2, 0.25) is 10.0 Å². The van der Waals surface area contributed by atoms with Crippen LogP contribution in [0.1, 0.15) is 5.56 Å². The summed E-state index contributed by atoms with van der Waals surface area (Å²) < 4.78 is 27.3. The average molecular weight is 388 g/mol. The van der Waals surface area contributed by atoms with Gasteiger partial charge in [-0.15, -0.1) is 0 Å². The number of rotatable bonds is 6. The normalized spacial score (nSPS) is 11.4. The first kappa shape index (κ1) is 18.4. The molecule has 0 unspecified atom stereocenters. The molecule has 3 rings (SSSR count). The summed E-state index contributed by atoms with van der Waals surface area (Å²) in [7, 11) is -4.18. The van der Waals surface area contributed by atoms with Gasteiger partial charge in [0.15, 0.2) is 4.90 Å². The van der Waals surface area contributed by atoms with E-state index < -0.39 is 30.5 Å². The van der Waals surface area contributed by atoms with Gasteiger partial charge in [-0.05, 0) is 29.8 Å². The summed E-state index contributed by atoms with van der Waals surface area (Å²) in [6.07, 6.45) is 1.44. The fraction of sp³-hybridized carbons (Fsp3) is 0.0625. The Morgan fingerprint density at radius 3 is 2.33 bits per heavy atom. The first-order valence-corrected chi connectivity index (χ1v) is 9.03. The molecule has 3 aromatic rings. The van der Waals surface area contributed by atoms with Crippen molar-refractivity contribution < 1.29 is 18.3 Å². The fourth-order valence-corrected chi connectivity index (χ4v) is 3.78. The summed E-state index contributed by atoms with van der Waals surface area (Å²) in [5.74, 6) is 0. The molecular formula is C16H12N4O6S. The maximum Gasteiger partial charge on any atom is 0.289 e. The monoisotopic (exact) mass is 388 g/mol. The van der Waals surface area contributed by atoms with Crippen molar-refractivity contribution >= 4 is 32.3 Å². The average Bonchev–Trinajstić information content (AvgIpc) is 2.65. The third-order valence-corrected chi connectivity index (χ3v) is 5.28. The number of fused-ring (bicyclic) bond motifs is 1. The quantitative estimate of drug-likeness (QED) is 0.504. The van der Waals surface area contributed by atoms with Crippen LogP contribution < -0.4 is 4.72 Å². The molecule has 27 heavy (non-hydrogen) atoms. The van der Waals surface area contributed by atoms with Crippen molar-refractivity contribution in [1.82, 2.24) is 9.71 Å². The molecule has 0 aliphatic carbocycles. The summed E-state index contributed by atoms with van der Waals surface area (Å²) in [5, 5.41) is 22.5. The predicted octanol–water partition coefficient (Wildman–Crippen LogP) is 2.53. The van der Waals surface area contributed by atoms with Crippen LogP contribution in [-0.4, -0.2) is 23.2 Å². The highest BCUT2D eigenvalue weighted by Gasteiger charge is 2.25. The Labute approximate surface area is 152 Å². The van der Waals surface area contributed by atoms with Crippen molar-refractivity contribution in [3.8, 4) is 0 Å². The molecular weight excluding hydrogens is 376 g/mol. The molecule has 11 heteroatoms. The summed E-state index contributed by atoms with van der Waals surface area (Å²) in [5.41, 5.74) is -0.0181. The minimum absolute atomic E-state index is 0.150. The molecule has 0 radical (unpaired) electrons. The van der Waals surface area contributed by atoms with E-state index >= 15 is 0 Å². The molecule has 1 heterocycles. The van der Waals surface area contributed by atoms with Crippen molar-refractivity contribution in [2.45, 2.75) is 11.4 Å². The van der Waals surface area contributed by atoms with E-state index in [0.717, 1.165) is 12.1 Å². The maximum atomic E-state index is 12.5. The van der Waals surface area contributed by atoms with Crippen molar-refractivity contribution in [3.63, 3.8) is 0 Å². The fourth-order valence-electron chi connectivity index (χ4n) is 2.60. The van der Waals surface area contributed by atoms with Crippen LogP contribution in [0.3, 0.4) is 0 Å². The van der Waals surface area contributed by atoms with Gasteiger partial charge in [-0.2, -0.15) is 0 Å². The topological polar surface area (TPSA) is 145 Å². The van der Waals surface area contributed by atoms with E-state index in [1.807, 2.05) is 0 Å². The van der Waals surface area contributed by atoms with Crippen molar-refractivity contribution in [3.05, 3.63) is 80.5 Å². The molecule has 0 bridgehead atoms. The minimum atomic E-state index is -4.18. The molecule has 0 atom stereocenters. The lowest BCUT2D eigenvalue weighted by atomic mass is 10.1. The van der Waals surface area contributed by atoms with E-state index in [4.69, 9.17) is 0 Å². The highest BCUT2D eigenvalue weighted by molar-refractivity contribution is 7.89. The number of para-hydroxylation sites is 1. The Balaban J connectivity index is 1.97. The molecule has 0 fully saturated rings. The molecule has 138 valence electrons. The second-order valence-electron chi connectivity index (χ2n) is 5.45. The lowest BCUT2D eigenvalue weighted by Gasteiger charge is -2.09. The highest BCUT2D eigenvalue weighted by Crippen LogP contribution is 2.27. The van der Waals surface area contributed by atoms with Gasteiger partial charge in [0.25, 0.3) is 11.4 Å². The first-order valence-electron chi connectivity index (χ1n) is 7.55. The van der Waals surface area contributed by atoms with Crippen molar-refractivity contribution in [2.24, 2.45) is 0 Å². The highest BCUT2D eigenvalue weighted by atomic mass is 32.2. The number of nitrogens with one attached hydrogen (secondary N) is 1. The van der Waals surface area contributed by atoms with Gasteiger partial charge in [0.1, 0.15) is 0 Å². The maximum absolute atomic E-state index is 12.5. The Morgan fingerprint density at radius 1 is 0.926 bits per heavy atom. The molecule has 0 aliphatic heterocycles. The Hall–Kier alpha value is -3.44. The molecule has 1 N–H and O–H groups in total. The lowest BCUT2D eigenvalue weighted by molar-refractivity contribution is -0.387. The second-order valence-corrected chi connectivity index (χ2v) is 7.19. The molecule has 0 saturated heterocycles. The molecule has 2 aromatic carbocycles. The zero-order chi connectivity index (χ0) is 19.6. The molecule has 0 aliphatic rings. The zero-order valence-electron chi connectivity index (χ0n) is 13.6. The van der Waals surface area contributed by atoms with Gasteiger partial charge in [-0.3, -0.25) is 25.2 Å². The molecule has 1 aromatic heterocycles. The van der Waals surface area contributed by atoms with E-state index in [-0.39, 0.29) is 23.1 Å². The van der Waals surface area contributed by atoms with Crippen molar-refractivity contribution in [2.75, 3.05) is 0 Å². The number of nitrogens with zero attached hydrogens (tertiary/aromatic N) is 3. The summed E-state index contributed by atoms with van der Waals surface area (Å²) in [4.78, 5) is 24.5. The number of nitro groups is 2. The van der Waals surface area contributed by atoms with Crippen LogP contribution in [0, 0.1) is 20.2 Å². The van der Waals surface area contributed by atoms with Gasteiger partial charge in [0, 0.05) is 24.9 Å². The smallest absolute Gasteiger partial charge is 0.258 e. The number of aromatic nitrogens is 1. The summed E-state index contributed by atoms with van der Waals surface area (Å²) >= 11 is 0. The lowest BCUT2D eigenvalue weighted by Crippen LogP contribution is -2.24. The third-order valence-electron chi connectivity index (χ3n) is 3.83. The predicted molar refractivity (Wildman–Crippen MR) is 95.5 cm³/mol. The molecule has 10 nitrogen and oxygen atoms in total. The van der Waals surface area contributed by atoms with Crippen molar-refractivity contribution in [1.29, 1.82) is 0 Å². The van der Waals surface area contributed by atoms with E-state index in [9.17, 15) is 28.6 Å². The molecule has 0 saturated carbocycles. The largest absolute Gasteiger partial charge is 0.289 e. The van der Waals surface area contributed by atoms with Crippen LogP contribution >= 0.6 is 0 Å². The SMILES string of the molecule is O=[N+]([O-])c1ccccc1S(=O)(=O)NCc1ccc([N+](=O)[O-])c2cccnc12. The Morgan fingerprint density at radius 2 is 1.63 bits per heavy atom. The number of nitro benzene ring substituents is 2. The standard InChI is InChI=1S/C16H12N4O6S/c21-19(22)13-8-7-11(16-12(13)4-3-9-17-16)10-18-27(25,26)15-6-2-1-5-14(15)20(23)24/h1-9,18H,10H2. The summed E-state index contributed by atoms with van der Waals surface area (Å²) in [6.45, 7) is -0.236. The Bertz CT molecular complexity index is 1160. The van der Waals surface area contributed by atoms with Crippen LogP contribution in [0.2, 0.25) is 0 Å². The van der Waals surface area contributed by atoms with Crippen LogP contribution in [0.4, 0.5) is 11.4 Å². The van der Waals surface area contributed by atoms with E-state index in [0.29, 0.717) is 5.56 Å². The zero-order valence-corrected chi connectivity index (χ0v) is 14.4. The number of pyridine rings is 1. The van der Waals surface area contributed by atoms with Crippen LogP contribution in [-0.2, 0) is 16.6 Å². The summed E-state index contributed by atoms with van der Waals surface area (Å²) in [6, 6.07) is 10.7. The van der Waals surface area contributed by atoms with E-state index in [1.54, 1.807) is 0 Å². The number of sulfonamides is 1. The van der Waals surface area contributed by atoms with Gasteiger partial charge in [-0.25, -0.2) is 13.1 Å². The molecule has 0 amide bonds. The van der Waals surface area contributed by atoms with Crippen LogP contribution in [0.5, 0.6) is 0 Å². The minimum Gasteiger partial charge on any atom is -0.258 e. The third kappa shape index (κ3) is 3.59. The first-order chi connectivity index (χ1) is 12.8. The van der Waals surface area contributed by atoms with Gasteiger partial charge in [0.05, 0.1) is 20.7 Å². The van der Waals surface area contributed by atoms with E-state index in [1.165, 1.54) is 42.6 Å². The Kier molecular flexibility index (Phi) is 4.79. The van der Waals surface area contributed by atoms with Gasteiger partial charge < -0.3 is 0 Å². The number of hydrogen-bond acceptors (Lipinski definition) is 7. The number of benzene rings is 2. The van der Waals surface area contributed by atoms with Crippen LogP contribution in [0.15, 0.2) is 59.6 Å². The second kappa shape index (κ2) is 7.05. The van der Waals surface area contributed by atoms with Gasteiger partial charge in [-0.1, -0.05) is 12.1 Å². The van der Waals surface area contributed by atoms with Crippen LogP contribution in [0.25, 0.3) is 10.9 Å². The number of hydrogen-bond donors (Lipinski definition) is 1. The molecule has 0 spiro atoms.